The lowest BCUT2D eigenvalue weighted by Crippen LogP contribution is -2.26. The molecule has 1 heterocycles. The lowest BCUT2D eigenvalue weighted by atomic mass is 9.88. The van der Waals surface area contributed by atoms with Gasteiger partial charge in [0, 0.05) is 23.4 Å². The molecule has 5 aromatic rings. The molecule has 0 atom stereocenters. The highest BCUT2D eigenvalue weighted by Gasteiger charge is 2.17. The SMILES string of the molecule is Cc1ccc2nc(-c3ccccc3)cc(C(=O)NCCC(c3ccccc3)c3ccccc3)c2c1. The van der Waals surface area contributed by atoms with Crippen molar-refractivity contribution >= 4 is 16.8 Å². The van der Waals surface area contributed by atoms with Crippen molar-refractivity contribution in [3.05, 3.63) is 138 Å². The number of rotatable bonds is 7. The van der Waals surface area contributed by atoms with E-state index in [2.05, 4.69) is 53.8 Å². The predicted octanol–water partition coefficient (Wildman–Crippen LogP) is 7.16. The molecule has 0 saturated carbocycles. The number of nitrogens with one attached hydrogen (secondary N) is 1. The first kappa shape index (κ1) is 22.5. The maximum absolute atomic E-state index is 13.5. The van der Waals surface area contributed by atoms with E-state index in [0.29, 0.717) is 12.1 Å². The van der Waals surface area contributed by atoms with Gasteiger partial charge in [-0.2, -0.15) is 0 Å². The van der Waals surface area contributed by atoms with Crippen LogP contribution in [0.25, 0.3) is 22.2 Å². The number of hydrogen-bond acceptors (Lipinski definition) is 2. The van der Waals surface area contributed by atoms with Crippen LogP contribution in [0.1, 0.15) is 39.4 Å². The summed E-state index contributed by atoms with van der Waals surface area (Å²) < 4.78 is 0. The van der Waals surface area contributed by atoms with Crippen LogP contribution in [0.2, 0.25) is 0 Å². The summed E-state index contributed by atoms with van der Waals surface area (Å²) in [4.78, 5) is 18.3. The van der Waals surface area contributed by atoms with E-state index in [1.807, 2.05) is 73.7 Å². The Balaban J connectivity index is 1.41. The summed E-state index contributed by atoms with van der Waals surface area (Å²) in [5.74, 6) is 0.147. The zero-order valence-corrected chi connectivity index (χ0v) is 19.8. The van der Waals surface area contributed by atoms with Gasteiger partial charge >= 0.3 is 0 Å². The van der Waals surface area contributed by atoms with Crippen molar-refractivity contribution in [3.63, 3.8) is 0 Å². The number of hydrogen-bond donors (Lipinski definition) is 1. The van der Waals surface area contributed by atoms with Crippen LogP contribution in [-0.4, -0.2) is 17.4 Å². The van der Waals surface area contributed by atoms with Crippen molar-refractivity contribution in [2.45, 2.75) is 19.3 Å². The van der Waals surface area contributed by atoms with Gasteiger partial charge in [0.05, 0.1) is 16.8 Å². The first-order valence-corrected chi connectivity index (χ1v) is 12.0. The molecule has 0 spiro atoms. The van der Waals surface area contributed by atoms with Crippen LogP contribution in [0.15, 0.2) is 115 Å². The molecule has 0 aliphatic rings. The van der Waals surface area contributed by atoms with Gasteiger partial charge in [-0.3, -0.25) is 4.79 Å². The minimum Gasteiger partial charge on any atom is -0.352 e. The van der Waals surface area contributed by atoms with Gasteiger partial charge in [0.25, 0.3) is 5.91 Å². The average Bonchev–Trinajstić information content (AvgIpc) is 2.92. The summed E-state index contributed by atoms with van der Waals surface area (Å²) >= 11 is 0. The Morgan fingerprint density at radius 2 is 1.37 bits per heavy atom. The molecule has 1 amide bonds. The van der Waals surface area contributed by atoms with Crippen molar-refractivity contribution in [1.82, 2.24) is 10.3 Å². The molecule has 0 unspecified atom stereocenters. The number of aromatic nitrogens is 1. The maximum Gasteiger partial charge on any atom is 0.252 e. The molecule has 1 aromatic heterocycles. The monoisotopic (exact) mass is 456 g/mol. The van der Waals surface area contributed by atoms with Crippen LogP contribution in [0.4, 0.5) is 0 Å². The maximum atomic E-state index is 13.5. The Bertz CT molecular complexity index is 1390. The standard InChI is InChI=1S/C32H28N2O/c1-23-17-18-30-28(21-23)29(22-31(34-30)26-15-9-4-10-16-26)32(35)33-20-19-27(24-11-5-2-6-12-24)25-13-7-3-8-14-25/h2-18,21-22,27H,19-20H2,1H3,(H,33,35). The zero-order chi connectivity index (χ0) is 24.0. The van der Waals surface area contributed by atoms with Gasteiger partial charge in [-0.05, 0) is 42.7 Å². The number of pyridine rings is 1. The number of aryl methyl sites for hydroxylation is 1. The molecule has 4 aromatic carbocycles. The molecule has 0 saturated heterocycles. The van der Waals surface area contributed by atoms with Gasteiger partial charge in [-0.1, -0.05) is 103 Å². The number of fused-ring (bicyclic) bond motifs is 1. The van der Waals surface area contributed by atoms with E-state index < -0.39 is 0 Å². The van der Waals surface area contributed by atoms with Crippen LogP contribution in [0.5, 0.6) is 0 Å². The Morgan fingerprint density at radius 3 is 2.00 bits per heavy atom. The van der Waals surface area contributed by atoms with Crippen molar-refractivity contribution in [2.75, 3.05) is 6.54 Å². The van der Waals surface area contributed by atoms with E-state index in [-0.39, 0.29) is 11.8 Å². The number of nitrogens with zero attached hydrogens (tertiary/aromatic N) is 1. The van der Waals surface area contributed by atoms with Gasteiger partial charge in [0.15, 0.2) is 0 Å². The van der Waals surface area contributed by atoms with Gasteiger partial charge in [0.1, 0.15) is 0 Å². The molecule has 0 radical (unpaired) electrons. The van der Waals surface area contributed by atoms with Crippen molar-refractivity contribution in [1.29, 1.82) is 0 Å². The summed E-state index contributed by atoms with van der Waals surface area (Å²) in [5.41, 5.74) is 6.90. The van der Waals surface area contributed by atoms with E-state index in [9.17, 15) is 4.79 Å². The third-order valence-electron chi connectivity index (χ3n) is 6.40. The fourth-order valence-electron chi connectivity index (χ4n) is 4.61. The van der Waals surface area contributed by atoms with Crippen molar-refractivity contribution in [2.24, 2.45) is 0 Å². The van der Waals surface area contributed by atoms with Gasteiger partial charge in [-0.25, -0.2) is 4.98 Å². The summed E-state index contributed by atoms with van der Waals surface area (Å²) in [7, 11) is 0. The summed E-state index contributed by atoms with van der Waals surface area (Å²) in [6.45, 7) is 2.61. The molecule has 0 fully saturated rings. The van der Waals surface area contributed by atoms with Crippen molar-refractivity contribution in [3.8, 4) is 11.3 Å². The molecule has 35 heavy (non-hydrogen) atoms. The molecule has 0 aliphatic heterocycles. The number of benzene rings is 4. The number of carbonyl (C=O) groups is 1. The van der Waals surface area contributed by atoms with Gasteiger partial charge < -0.3 is 5.32 Å². The fourth-order valence-corrected chi connectivity index (χ4v) is 4.61. The zero-order valence-electron chi connectivity index (χ0n) is 19.8. The first-order chi connectivity index (χ1) is 17.2. The minimum atomic E-state index is -0.0694. The Hall–Kier alpha value is -4.24. The van der Waals surface area contributed by atoms with E-state index in [0.717, 1.165) is 34.1 Å². The summed E-state index contributed by atoms with van der Waals surface area (Å²) in [6.07, 6.45) is 0.813. The van der Waals surface area contributed by atoms with E-state index in [1.54, 1.807) is 0 Å². The van der Waals surface area contributed by atoms with E-state index in [4.69, 9.17) is 4.98 Å². The van der Waals surface area contributed by atoms with E-state index >= 15 is 0 Å². The Labute approximate surface area is 206 Å². The number of amides is 1. The van der Waals surface area contributed by atoms with Gasteiger partial charge in [-0.15, -0.1) is 0 Å². The molecule has 1 N–H and O–H groups in total. The van der Waals surface area contributed by atoms with Crippen LogP contribution >= 0.6 is 0 Å². The molecule has 0 aliphatic carbocycles. The summed E-state index contributed by atoms with van der Waals surface area (Å²) in [5, 5.41) is 4.07. The first-order valence-electron chi connectivity index (χ1n) is 12.0. The second kappa shape index (κ2) is 10.4. The lowest BCUT2D eigenvalue weighted by molar-refractivity contribution is 0.0954. The Kier molecular flexibility index (Phi) is 6.67. The van der Waals surface area contributed by atoms with Crippen LogP contribution in [0.3, 0.4) is 0 Å². The van der Waals surface area contributed by atoms with Crippen LogP contribution in [-0.2, 0) is 0 Å². The molecule has 3 heteroatoms. The smallest absolute Gasteiger partial charge is 0.252 e. The topological polar surface area (TPSA) is 42.0 Å². The second-order valence-corrected chi connectivity index (χ2v) is 8.86. The molecule has 3 nitrogen and oxygen atoms in total. The van der Waals surface area contributed by atoms with Crippen LogP contribution < -0.4 is 5.32 Å². The predicted molar refractivity (Wildman–Crippen MR) is 144 cm³/mol. The van der Waals surface area contributed by atoms with Crippen LogP contribution in [0, 0.1) is 6.92 Å². The number of carbonyl (C=O) groups excluding carboxylic acids is 1. The largest absolute Gasteiger partial charge is 0.352 e. The van der Waals surface area contributed by atoms with E-state index in [1.165, 1.54) is 11.1 Å². The molecule has 5 rings (SSSR count). The highest BCUT2D eigenvalue weighted by molar-refractivity contribution is 6.07. The molecule has 0 bridgehead atoms. The van der Waals surface area contributed by atoms with Crippen molar-refractivity contribution < 1.29 is 4.79 Å². The third kappa shape index (κ3) is 5.15. The third-order valence-corrected chi connectivity index (χ3v) is 6.40. The fraction of sp³-hybridized carbons (Fsp3) is 0.125. The summed E-state index contributed by atoms with van der Waals surface area (Å²) in [6, 6.07) is 39.0. The highest BCUT2D eigenvalue weighted by atomic mass is 16.1. The second-order valence-electron chi connectivity index (χ2n) is 8.86. The normalized spacial score (nSPS) is 11.0. The molecular formula is C32H28N2O. The quantitative estimate of drug-likeness (QED) is 0.282. The molecule has 172 valence electrons. The molecular weight excluding hydrogens is 428 g/mol. The minimum absolute atomic E-state index is 0.0694. The average molecular weight is 457 g/mol. The lowest BCUT2D eigenvalue weighted by Gasteiger charge is -2.19. The van der Waals surface area contributed by atoms with Gasteiger partial charge in [0.2, 0.25) is 0 Å². The highest BCUT2D eigenvalue weighted by Crippen LogP contribution is 2.28. The Morgan fingerprint density at radius 1 is 0.771 bits per heavy atom.